The zero-order chi connectivity index (χ0) is 24.2. The van der Waals surface area contributed by atoms with Crippen LogP contribution < -0.4 is 10.2 Å². The van der Waals surface area contributed by atoms with Crippen LogP contribution in [0.25, 0.3) is 21.7 Å². The van der Waals surface area contributed by atoms with Crippen molar-refractivity contribution in [2.75, 3.05) is 6.61 Å². The highest BCUT2D eigenvalue weighted by atomic mass is 16.5. The number of carbonyl (C=O) groups excluding carboxylic acids is 1. The van der Waals surface area contributed by atoms with Crippen molar-refractivity contribution in [3.8, 4) is 5.75 Å². The van der Waals surface area contributed by atoms with Crippen molar-refractivity contribution in [3.63, 3.8) is 0 Å². The second-order valence-corrected chi connectivity index (χ2v) is 8.40. The van der Waals surface area contributed by atoms with Crippen LogP contribution in [0.1, 0.15) is 34.1 Å². The summed E-state index contributed by atoms with van der Waals surface area (Å²) in [6, 6.07) is 30.2. The number of fused-ring (bicyclic) bond motifs is 2. The summed E-state index contributed by atoms with van der Waals surface area (Å²) in [4.78, 5) is 12.6. The van der Waals surface area contributed by atoms with Gasteiger partial charge in [0.25, 0.3) is 5.91 Å². The van der Waals surface area contributed by atoms with Crippen molar-refractivity contribution in [2.45, 2.75) is 20.4 Å². The molecule has 1 amide bonds. The summed E-state index contributed by atoms with van der Waals surface area (Å²) in [5.74, 6) is 0.476. The number of hydrazone groups is 1. The third kappa shape index (κ3) is 4.53. The molecule has 35 heavy (non-hydrogen) atoms. The fourth-order valence-electron chi connectivity index (χ4n) is 4.51. The Morgan fingerprint density at radius 2 is 1.63 bits per heavy atom. The van der Waals surface area contributed by atoms with Crippen LogP contribution in [0.4, 0.5) is 0 Å². The van der Waals surface area contributed by atoms with E-state index in [2.05, 4.69) is 82.7 Å². The average molecular weight is 462 g/mol. The van der Waals surface area contributed by atoms with Gasteiger partial charge in [-0.3, -0.25) is 4.79 Å². The molecule has 0 aliphatic heterocycles. The number of amides is 1. The van der Waals surface area contributed by atoms with E-state index in [-0.39, 0.29) is 5.91 Å². The molecule has 4 aromatic carbocycles. The Hall–Kier alpha value is -4.38. The molecule has 0 atom stereocenters. The quantitative estimate of drug-likeness (QED) is 0.228. The van der Waals surface area contributed by atoms with Gasteiger partial charge in [-0.15, -0.1) is 0 Å². The van der Waals surface area contributed by atoms with Crippen LogP contribution in [0.2, 0.25) is 0 Å². The molecule has 0 radical (unpaired) electrons. The zero-order valence-electron chi connectivity index (χ0n) is 19.9. The lowest BCUT2D eigenvalue weighted by Gasteiger charge is -2.11. The fourth-order valence-corrected chi connectivity index (χ4v) is 4.51. The molecule has 1 aromatic heterocycles. The highest BCUT2D eigenvalue weighted by molar-refractivity contribution is 6.02. The maximum absolute atomic E-state index is 12.6. The van der Waals surface area contributed by atoms with Gasteiger partial charge < -0.3 is 9.30 Å². The topological polar surface area (TPSA) is 55.6 Å². The van der Waals surface area contributed by atoms with Crippen molar-refractivity contribution in [2.24, 2.45) is 5.10 Å². The van der Waals surface area contributed by atoms with Crippen molar-refractivity contribution < 1.29 is 9.53 Å². The van der Waals surface area contributed by atoms with Crippen LogP contribution in [0, 0.1) is 6.92 Å². The Bertz CT molecular complexity index is 1530. The molecule has 0 spiro atoms. The van der Waals surface area contributed by atoms with Crippen LogP contribution in [0.3, 0.4) is 0 Å². The molecule has 174 valence electrons. The molecular weight excluding hydrogens is 434 g/mol. The van der Waals surface area contributed by atoms with E-state index in [4.69, 9.17) is 4.74 Å². The van der Waals surface area contributed by atoms with E-state index < -0.39 is 0 Å². The third-order valence-corrected chi connectivity index (χ3v) is 6.28. The van der Waals surface area contributed by atoms with E-state index in [0.29, 0.717) is 12.2 Å². The summed E-state index contributed by atoms with van der Waals surface area (Å²) in [5, 5.41) is 7.88. The van der Waals surface area contributed by atoms with Gasteiger partial charge in [0, 0.05) is 34.3 Å². The fraction of sp³-hybridized carbons (Fsp3) is 0.133. The number of para-hydroxylation sites is 1. The first kappa shape index (κ1) is 22.4. The van der Waals surface area contributed by atoms with Crippen molar-refractivity contribution in [3.05, 3.63) is 113 Å². The molecule has 5 rings (SSSR count). The minimum Gasteiger partial charge on any atom is -0.494 e. The van der Waals surface area contributed by atoms with Crippen LogP contribution in [-0.2, 0) is 6.54 Å². The molecule has 1 heterocycles. The van der Waals surface area contributed by atoms with Gasteiger partial charge in [0.15, 0.2) is 0 Å². The van der Waals surface area contributed by atoms with E-state index in [1.165, 1.54) is 16.3 Å². The predicted octanol–water partition coefficient (Wildman–Crippen LogP) is 6.31. The summed E-state index contributed by atoms with van der Waals surface area (Å²) in [7, 11) is 0. The molecule has 0 unspecified atom stereocenters. The molecule has 0 saturated carbocycles. The van der Waals surface area contributed by atoms with Crippen molar-refractivity contribution in [1.29, 1.82) is 0 Å². The number of carbonyl (C=O) groups is 1. The molecular formula is C30H27N3O2. The molecule has 0 saturated heterocycles. The van der Waals surface area contributed by atoms with Gasteiger partial charge in [-0.05, 0) is 60.5 Å². The lowest BCUT2D eigenvalue weighted by atomic mass is 10.0. The maximum Gasteiger partial charge on any atom is 0.271 e. The number of nitrogens with zero attached hydrogens (tertiary/aromatic N) is 2. The maximum atomic E-state index is 12.6. The minimum absolute atomic E-state index is 0.263. The normalized spacial score (nSPS) is 11.4. The Kier molecular flexibility index (Phi) is 6.31. The standard InChI is InChI=1S/C30H27N3O2/c1-3-35-25-17-15-23(16-18-25)30(34)32-31-19-28-21(2)33(29-14-7-6-13-27(28)29)20-24-11-8-10-22-9-4-5-12-26(22)24/h4-19H,3,20H2,1-2H3,(H,32,34)/b31-19-. The number of rotatable bonds is 7. The largest absolute Gasteiger partial charge is 0.494 e. The molecule has 0 aliphatic rings. The van der Waals surface area contributed by atoms with Gasteiger partial charge >= 0.3 is 0 Å². The third-order valence-electron chi connectivity index (χ3n) is 6.28. The zero-order valence-corrected chi connectivity index (χ0v) is 19.9. The number of aromatic nitrogens is 1. The second kappa shape index (κ2) is 9.85. The van der Waals surface area contributed by atoms with E-state index >= 15 is 0 Å². The van der Waals surface area contributed by atoms with Crippen molar-refractivity contribution >= 4 is 33.8 Å². The number of hydrogen-bond acceptors (Lipinski definition) is 3. The summed E-state index contributed by atoms with van der Waals surface area (Å²) in [6.07, 6.45) is 1.74. The van der Waals surface area contributed by atoms with Gasteiger partial charge in [0.2, 0.25) is 0 Å². The Balaban J connectivity index is 1.42. The summed E-state index contributed by atoms with van der Waals surface area (Å²) in [6.45, 7) is 5.36. The summed E-state index contributed by atoms with van der Waals surface area (Å²) < 4.78 is 7.75. The van der Waals surface area contributed by atoms with E-state index in [1.807, 2.05) is 13.0 Å². The summed E-state index contributed by atoms with van der Waals surface area (Å²) >= 11 is 0. The molecule has 5 nitrogen and oxygen atoms in total. The number of benzene rings is 4. The van der Waals surface area contributed by atoms with Crippen LogP contribution >= 0.6 is 0 Å². The number of nitrogens with one attached hydrogen (secondary N) is 1. The lowest BCUT2D eigenvalue weighted by molar-refractivity contribution is 0.0955. The monoisotopic (exact) mass is 461 g/mol. The second-order valence-electron chi connectivity index (χ2n) is 8.40. The molecule has 5 aromatic rings. The Morgan fingerprint density at radius 1 is 0.914 bits per heavy atom. The SMILES string of the molecule is CCOc1ccc(C(=O)N/N=C\c2c(C)n(Cc3cccc4ccccc34)c3ccccc23)cc1. The molecule has 1 N–H and O–H groups in total. The highest BCUT2D eigenvalue weighted by Crippen LogP contribution is 2.27. The lowest BCUT2D eigenvalue weighted by Crippen LogP contribution is -2.17. The van der Waals surface area contributed by atoms with Crippen LogP contribution in [-0.4, -0.2) is 23.3 Å². The van der Waals surface area contributed by atoms with E-state index in [0.717, 1.165) is 34.5 Å². The van der Waals surface area contributed by atoms with Crippen LogP contribution in [0.15, 0.2) is 96.1 Å². The summed E-state index contributed by atoms with van der Waals surface area (Å²) in [5.41, 5.74) is 7.67. The molecule has 0 bridgehead atoms. The first-order valence-electron chi connectivity index (χ1n) is 11.8. The first-order chi connectivity index (χ1) is 17.2. The Labute approximate surface area is 204 Å². The van der Waals surface area contributed by atoms with Gasteiger partial charge in [-0.2, -0.15) is 5.10 Å². The molecule has 0 fully saturated rings. The number of hydrogen-bond donors (Lipinski definition) is 1. The van der Waals surface area contributed by atoms with Gasteiger partial charge in [0.1, 0.15) is 5.75 Å². The highest BCUT2D eigenvalue weighted by Gasteiger charge is 2.14. The molecule has 5 heteroatoms. The predicted molar refractivity (Wildman–Crippen MR) is 142 cm³/mol. The Morgan fingerprint density at radius 3 is 2.43 bits per heavy atom. The first-order valence-corrected chi connectivity index (χ1v) is 11.8. The van der Waals surface area contributed by atoms with Gasteiger partial charge in [0.05, 0.1) is 12.8 Å². The van der Waals surface area contributed by atoms with Crippen LogP contribution in [0.5, 0.6) is 5.75 Å². The van der Waals surface area contributed by atoms with Gasteiger partial charge in [-0.1, -0.05) is 60.7 Å². The molecule has 0 aliphatic carbocycles. The van der Waals surface area contributed by atoms with E-state index in [1.54, 1.807) is 30.5 Å². The average Bonchev–Trinajstić information content (AvgIpc) is 3.15. The van der Waals surface area contributed by atoms with Crippen molar-refractivity contribution in [1.82, 2.24) is 9.99 Å². The van der Waals surface area contributed by atoms with Gasteiger partial charge in [-0.25, -0.2) is 5.43 Å². The smallest absolute Gasteiger partial charge is 0.271 e. The minimum atomic E-state index is -0.263. The number of ether oxygens (including phenoxy) is 1. The van der Waals surface area contributed by atoms with E-state index in [9.17, 15) is 4.79 Å².